The number of hydrogen-bond donors (Lipinski definition) is 0. The Balaban J connectivity index is 1.84. The summed E-state index contributed by atoms with van der Waals surface area (Å²) >= 11 is 0. The Hall–Kier alpha value is -2.33. The zero-order valence-electron chi connectivity index (χ0n) is 14.0. The van der Waals surface area contributed by atoms with Crippen molar-refractivity contribution in [1.29, 1.82) is 5.26 Å². The Morgan fingerprint density at radius 2 is 1.35 bits per heavy atom. The van der Waals surface area contributed by atoms with Crippen LogP contribution in [0.4, 0.5) is 0 Å². The zero-order valence-corrected chi connectivity index (χ0v) is 14.0. The summed E-state index contributed by atoms with van der Waals surface area (Å²) in [5.74, 6) is 0. The van der Waals surface area contributed by atoms with E-state index in [1.807, 2.05) is 24.3 Å². The van der Waals surface area contributed by atoms with Crippen LogP contribution in [0, 0.1) is 11.3 Å². The normalized spacial score (nSPS) is 10.8. The molecule has 0 aliphatic heterocycles. The highest BCUT2D eigenvalue weighted by molar-refractivity contribution is 5.69. The first-order chi connectivity index (χ1) is 11.3. The van der Waals surface area contributed by atoms with Gasteiger partial charge in [-0.2, -0.15) is 5.26 Å². The van der Waals surface area contributed by atoms with Crippen LogP contribution < -0.4 is 0 Å². The number of unbranched alkanes of at least 4 members (excludes halogenated alkanes) is 4. The first-order valence-corrected chi connectivity index (χ1v) is 8.59. The van der Waals surface area contributed by atoms with Crippen molar-refractivity contribution in [2.75, 3.05) is 0 Å². The van der Waals surface area contributed by atoms with Crippen molar-refractivity contribution < 1.29 is 0 Å². The highest BCUT2D eigenvalue weighted by Gasteiger charge is 1.95. The topological polar surface area (TPSA) is 23.8 Å². The predicted octanol–water partition coefficient (Wildman–Crippen LogP) is 6.24. The van der Waals surface area contributed by atoms with E-state index in [1.54, 1.807) is 0 Å². The quantitative estimate of drug-likeness (QED) is 0.418. The lowest BCUT2D eigenvalue weighted by atomic mass is 10.0. The van der Waals surface area contributed by atoms with E-state index in [0.29, 0.717) is 5.56 Å². The Labute approximate surface area is 140 Å². The summed E-state index contributed by atoms with van der Waals surface area (Å²) in [6.07, 6.45) is 12.0. The van der Waals surface area contributed by atoms with Crippen LogP contribution in [0.3, 0.4) is 0 Å². The number of hydrogen-bond acceptors (Lipinski definition) is 1. The first kappa shape index (κ1) is 17.0. The van der Waals surface area contributed by atoms with Crippen LogP contribution >= 0.6 is 0 Å². The Kier molecular flexibility index (Phi) is 7.14. The van der Waals surface area contributed by atoms with Crippen LogP contribution in [0.2, 0.25) is 0 Å². The summed E-state index contributed by atoms with van der Waals surface area (Å²) in [6.45, 7) is 2.25. The van der Waals surface area contributed by atoms with Crippen molar-refractivity contribution in [3.8, 4) is 6.07 Å². The van der Waals surface area contributed by atoms with E-state index in [4.69, 9.17) is 5.26 Å². The molecule has 0 heterocycles. The van der Waals surface area contributed by atoms with Gasteiger partial charge in [-0.05, 0) is 41.7 Å². The fraction of sp³-hybridized carbons (Fsp3) is 0.318. The van der Waals surface area contributed by atoms with Gasteiger partial charge >= 0.3 is 0 Å². The minimum atomic E-state index is 0.699. The van der Waals surface area contributed by atoms with Crippen LogP contribution in [-0.2, 0) is 6.42 Å². The molecule has 0 spiro atoms. The van der Waals surface area contributed by atoms with E-state index in [0.717, 1.165) is 5.56 Å². The summed E-state index contributed by atoms with van der Waals surface area (Å²) in [5, 5.41) is 8.80. The molecule has 0 atom stereocenters. The van der Waals surface area contributed by atoms with Crippen LogP contribution in [0.1, 0.15) is 61.3 Å². The summed E-state index contributed by atoms with van der Waals surface area (Å²) < 4.78 is 0. The minimum absolute atomic E-state index is 0.699. The second-order valence-corrected chi connectivity index (χ2v) is 5.97. The summed E-state index contributed by atoms with van der Waals surface area (Å²) in [4.78, 5) is 0. The van der Waals surface area contributed by atoms with Gasteiger partial charge in [-0.15, -0.1) is 0 Å². The molecule has 0 aliphatic carbocycles. The molecule has 0 N–H and O–H groups in total. The second-order valence-electron chi connectivity index (χ2n) is 5.97. The van der Waals surface area contributed by atoms with Crippen molar-refractivity contribution in [1.82, 2.24) is 0 Å². The molecule has 23 heavy (non-hydrogen) atoms. The van der Waals surface area contributed by atoms with E-state index in [2.05, 4.69) is 49.4 Å². The molecular weight excluding hydrogens is 278 g/mol. The maximum Gasteiger partial charge on any atom is 0.0991 e. The minimum Gasteiger partial charge on any atom is -0.192 e. The molecule has 0 aliphatic rings. The second kappa shape index (κ2) is 9.64. The fourth-order valence-corrected chi connectivity index (χ4v) is 2.59. The molecule has 1 nitrogen and oxygen atoms in total. The van der Waals surface area contributed by atoms with Gasteiger partial charge in [-0.25, -0.2) is 0 Å². The van der Waals surface area contributed by atoms with Gasteiger partial charge in [0.25, 0.3) is 0 Å². The van der Waals surface area contributed by atoms with E-state index in [9.17, 15) is 0 Å². The van der Waals surface area contributed by atoms with Crippen molar-refractivity contribution >= 4 is 12.2 Å². The van der Waals surface area contributed by atoms with Crippen molar-refractivity contribution in [2.24, 2.45) is 0 Å². The smallest absolute Gasteiger partial charge is 0.0991 e. The van der Waals surface area contributed by atoms with Gasteiger partial charge in [-0.1, -0.05) is 81.2 Å². The molecule has 2 rings (SSSR count). The van der Waals surface area contributed by atoms with Crippen molar-refractivity contribution in [3.05, 3.63) is 70.8 Å². The maximum atomic E-state index is 8.80. The molecule has 0 bridgehead atoms. The van der Waals surface area contributed by atoms with Crippen molar-refractivity contribution in [3.63, 3.8) is 0 Å². The van der Waals surface area contributed by atoms with E-state index in [1.165, 1.54) is 49.7 Å². The number of benzene rings is 2. The predicted molar refractivity (Wildman–Crippen MR) is 99.0 cm³/mol. The van der Waals surface area contributed by atoms with Gasteiger partial charge in [-0.3, -0.25) is 0 Å². The van der Waals surface area contributed by atoms with Gasteiger partial charge in [0, 0.05) is 0 Å². The Bertz CT molecular complexity index is 642. The lowest BCUT2D eigenvalue weighted by Crippen LogP contribution is -1.86. The number of nitriles is 1. The van der Waals surface area contributed by atoms with Crippen LogP contribution in [0.5, 0.6) is 0 Å². The molecule has 118 valence electrons. The zero-order chi connectivity index (χ0) is 16.3. The van der Waals surface area contributed by atoms with Crippen molar-refractivity contribution in [2.45, 2.75) is 45.4 Å². The molecule has 0 fully saturated rings. The van der Waals surface area contributed by atoms with Crippen LogP contribution in [0.15, 0.2) is 48.5 Å². The number of rotatable bonds is 8. The molecule has 0 radical (unpaired) electrons. The highest BCUT2D eigenvalue weighted by atomic mass is 14.2. The largest absolute Gasteiger partial charge is 0.192 e. The molecule has 2 aromatic carbocycles. The maximum absolute atomic E-state index is 8.80. The van der Waals surface area contributed by atoms with Gasteiger partial charge in [0.2, 0.25) is 0 Å². The van der Waals surface area contributed by atoms with Gasteiger partial charge in [0.1, 0.15) is 0 Å². The van der Waals surface area contributed by atoms with Gasteiger partial charge in [0.15, 0.2) is 0 Å². The fourth-order valence-electron chi connectivity index (χ4n) is 2.59. The molecular formula is C22H25N. The van der Waals surface area contributed by atoms with E-state index < -0.39 is 0 Å². The number of nitrogens with zero attached hydrogens (tertiary/aromatic N) is 1. The third-order valence-corrected chi connectivity index (χ3v) is 4.06. The lowest BCUT2D eigenvalue weighted by Gasteiger charge is -2.02. The highest BCUT2D eigenvalue weighted by Crippen LogP contribution is 2.13. The molecule has 0 saturated heterocycles. The number of aryl methyl sites for hydroxylation is 1. The molecule has 1 heteroatoms. The van der Waals surface area contributed by atoms with E-state index >= 15 is 0 Å². The molecule has 0 unspecified atom stereocenters. The van der Waals surface area contributed by atoms with Crippen LogP contribution in [0.25, 0.3) is 12.2 Å². The summed E-state index contributed by atoms with van der Waals surface area (Å²) in [5.41, 5.74) is 4.45. The monoisotopic (exact) mass is 303 g/mol. The summed E-state index contributed by atoms with van der Waals surface area (Å²) in [7, 11) is 0. The van der Waals surface area contributed by atoms with Crippen LogP contribution in [-0.4, -0.2) is 0 Å². The van der Waals surface area contributed by atoms with Gasteiger partial charge < -0.3 is 0 Å². The average molecular weight is 303 g/mol. The standard InChI is InChI=1S/C22H25N/c1-2-3-4-5-6-7-19-8-10-20(11-9-19)12-13-21-14-16-22(18-23)17-15-21/h8-17H,2-7H2,1H3. The molecule has 2 aromatic rings. The molecule has 0 saturated carbocycles. The Morgan fingerprint density at radius 1 is 0.783 bits per heavy atom. The summed E-state index contributed by atoms with van der Waals surface area (Å²) in [6, 6.07) is 18.6. The lowest BCUT2D eigenvalue weighted by molar-refractivity contribution is 0.632. The molecule has 0 aromatic heterocycles. The molecule has 0 amide bonds. The third kappa shape index (κ3) is 6.12. The van der Waals surface area contributed by atoms with Gasteiger partial charge in [0.05, 0.1) is 11.6 Å². The SMILES string of the molecule is CCCCCCCc1ccc(C=Cc2ccc(C#N)cc2)cc1. The average Bonchev–Trinajstić information content (AvgIpc) is 2.61. The van der Waals surface area contributed by atoms with E-state index in [-0.39, 0.29) is 0 Å². The Morgan fingerprint density at radius 3 is 1.91 bits per heavy atom. The third-order valence-electron chi connectivity index (χ3n) is 4.06. The first-order valence-electron chi connectivity index (χ1n) is 8.59.